The number of rotatable bonds is 11. The lowest BCUT2D eigenvalue weighted by Gasteiger charge is -2.34. The first kappa shape index (κ1) is 24.0. The number of hydrogen-bond donors (Lipinski definition) is 1. The number of benzene rings is 2. The molecule has 0 amide bonds. The number of carbonyl (C=O) groups is 2. The molecule has 3 rings (SSSR count). The maximum Gasteiger partial charge on any atom is 0.165 e. The van der Waals surface area contributed by atoms with Gasteiger partial charge in [0.25, 0.3) is 0 Å². The molecule has 1 saturated carbocycles. The van der Waals surface area contributed by atoms with Crippen molar-refractivity contribution in [3.05, 3.63) is 59.7 Å². The van der Waals surface area contributed by atoms with Gasteiger partial charge >= 0.3 is 0 Å². The molecule has 0 heterocycles. The highest BCUT2D eigenvalue weighted by atomic mass is 16.5. The Bertz CT molecular complexity index is 869. The summed E-state index contributed by atoms with van der Waals surface area (Å²) in [5.41, 5.74) is 1.31. The normalized spacial score (nSPS) is 20.6. The summed E-state index contributed by atoms with van der Waals surface area (Å²) in [6.07, 6.45) is 9.51. The predicted octanol–water partition coefficient (Wildman–Crippen LogP) is 6.86. The van der Waals surface area contributed by atoms with Gasteiger partial charge in [-0.15, -0.1) is 0 Å². The van der Waals surface area contributed by atoms with Gasteiger partial charge in [-0.05, 0) is 73.7 Å². The third-order valence-electron chi connectivity index (χ3n) is 6.79. The molecule has 0 aromatic heterocycles. The quantitative estimate of drug-likeness (QED) is 0.309. The number of hydrogen-bond acceptors (Lipinski definition) is 4. The second-order valence-electron chi connectivity index (χ2n) is 9.17. The molecule has 0 radical (unpaired) electrons. The Kier molecular flexibility index (Phi) is 8.90. The number of phenols is 1. The Morgan fingerprint density at radius 2 is 1.34 bits per heavy atom. The van der Waals surface area contributed by atoms with E-state index in [4.69, 9.17) is 4.74 Å². The maximum atomic E-state index is 13.3. The van der Waals surface area contributed by atoms with Gasteiger partial charge in [-0.2, -0.15) is 0 Å². The van der Waals surface area contributed by atoms with Gasteiger partial charge in [0.1, 0.15) is 11.5 Å². The van der Waals surface area contributed by atoms with E-state index in [0.29, 0.717) is 23.5 Å². The van der Waals surface area contributed by atoms with Crippen molar-refractivity contribution in [2.24, 2.45) is 17.8 Å². The van der Waals surface area contributed by atoms with Gasteiger partial charge in [-0.1, -0.05) is 45.4 Å². The number of phenolic OH excluding ortho intramolecular Hbond substituents is 1. The van der Waals surface area contributed by atoms with Crippen LogP contribution in [0, 0.1) is 17.8 Å². The van der Waals surface area contributed by atoms with Crippen LogP contribution in [0.2, 0.25) is 0 Å². The fourth-order valence-electron chi connectivity index (χ4n) is 4.99. The largest absolute Gasteiger partial charge is 0.508 e. The third kappa shape index (κ3) is 6.44. The first-order chi connectivity index (χ1) is 15.5. The van der Waals surface area contributed by atoms with Crippen molar-refractivity contribution >= 4 is 11.6 Å². The molecular formula is C28H36O4. The molecule has 4 nitrogen and oxygen atoms in total. The highest BCUT2D eigenvalue weighted by Gasteiger charge is 2.36. The standard InChI is InChI=1S/C28H36O4/c1-3-4-5-6-7-8-20-17-23(27(30)21-9-13-25(29)14-10-21)19-24(18-20)28(31)22-11-15-26(32-2)16-12-22/h9-16,20,23-24,29H,3-8,17-19H2,1-2H3. The lowest BCUT2D eigenvalue weighted by molar-refractivity contribution is 0.0728. The van der Waals surface area contributed by atoms with Crippen molar-refractivity contribution in [3.63, 3.8) is 0 Å². The molecule has 32 heavy (non-hydrogen) atoms. The SMILES string of the molecule is CCCCCCCC1CC(C(=O)c2ccc(O)cc2)CC(C(=O)c2ccc(OC)cc2)C1. The average molecular weight is 437 g/mol. The number of carbonyl (C=O) groups excluding carboxylic acids is 2. The summed E-state index contributed by atoms with van der Waals surface area (Å²) in [6.45, 7) is 2.22. The van der Waals surface area contributed by atoms with E-state index in [1.807, 2.05) is 24.3 Å². The molecule has 172 valence electrons. The van der Waals surface area contributed by atoms with E-state index in [1.54, 1.807) is 31.4 Å². The van der Waals surface area contributed by atoms with E-state index in [-0.39, 0.29) is 29.2 Å². The summed E-state index contributed by atoms with van der Waals surface area (Å²) >= 11 is 0. The molecule has 0 saturated heterocycles. The van der Waals surface area contributed by atoms with Gasteiger partial charge in [0.05, 0.1) is 7.11 Å². The predicted molar refractivity (Wildman–Crippen MR) is 127 cm³/mol. The zero-order chi connectivity index (χ0) is 22.9. The van der Waals surface area contributed by atoms with Gasteiger partial charge in [0.2, 0.25) is 0 Å². The van der Waals surface area contributed by atoms with Crippen molar-refractivity contribution in [2.75, 3.05) is 7.11 Å². The van der Waals surface area contributed by atoms with Gasteiger partial charge in [-0.3, -0.25) is 9.59 Å². The maximum absolute atomic E-state index is 13.3. The van der Waals surface area contributed by atoms with Gasteiger partial charge < -0.3 is 9.84 Å². The highest BCUT2D eigenvalue weighted by molar-refractivity contribution is 6.00. The average Bonchev–Trinajstić information content (AvgIpc) is 2.83. The molecule has 3 unspecified atom stereocenters. The Labute approximate surface area is 192 Å². The van der Waals surface area contributed by atoms with E-state index in [2.05, 4.69) is 6.92 Å². The Balaban J connectivity index is 1.73. The zero-order valence-electron chi connectivity index (χ0n) is 19.4. The summed E-state index contributed by atoms with van der Waals surface area (Å²) in [5.74, 6) is 1.21. The van der Waals surface area contributed by atoms with Crippen molar-refractivity contribution in [1.82, 2.24) is 0 Å². The zero-order valence-corrected chi connectivity index (χ0v) is 19.4. The van der Waals surface area contributed by atoms with Crippen LogP contribution < -0.4 is 4.74 Å². The summed E-state index contributed by atoms with van der Waals surface area (Å²) in [4.78, 5) is 26.6. The van der Waals surface area contributed by atoms with Crippen molar-refractivity contribution in [2.45, 2.75) is 64.7 Å². The molecule has 4 heteroatoms. The molecule has 1 fully saturated rings. The summed E-state index contributed by atoms with van der Waals surface area (Å²) in [7, 11) is 1.61. The van der Waals surface area contributed by atoms with Crippen LogP contribution in [0.25, 0.3) is 0 Å². The molecule has 0 spiro atoms. The topological polar surface area (TPSA) is 63.6 Å². The number of unbranched alkanes of at least 4 members (excludes halogenated alkanes) is 4. The fourth-order valence-corrected chi connectivity index (χ4v) is 4.99. The number of methoxy groups -OCH3 is 1. The lowest BCUT2D eigenvalue weighted by atomic mass is 9.69. The highest BCUT2D eigenvalue weighted by Crippen LogP contribution is 2.39. The van der Waals surface area contributed by atoms with Crippen LogP contribution in [-0.4, -0.2) is 23.8 Å². The van der Waals surface area contributed by atoms with Crippen LogP contribution in [0.5, 0.6) is 11.5 Å². The smallest absolute Gasteiger partial charge is 0.165 e. The van der Waals surface area contributed by atoms with Crippen LogP contribution >= 0.6 is 0 Å². The molecule has 1 N–H and O–H groups in total. The number of ether oxygens (including phenoxy) is 1. The van der Waals surface area contributed by atoms with E-state index in [9.17, 15) is 14.7 Å². The molecule has 0 aliphatic heterocycles. The minimum Gasteiger partial charge on any atom is -0.508 e. The van der Waals surface area contributed by atoms with E-state index in [1.165, 1.54) is 25.7 Å². The minimum atomic E-state index is -0.152. The molecular weight excluding hydrogens is 400 g/mol. The lowest BCUT2D eigenvalue weighted by Crippen LogP contribution is -2.32. The fraction of sp³-hybridized carbons (Fsp3) is 0.500. The molecule has 1 aliphatic carbocycles. The van der Waals surface area contributed by atoms with Crippen LogP contribution in [0.4, 0.5) is 0 Å². The van der Waals surface area contributed by atoms with Crippen LogP contribution in [0.3, 0.4) is 0 Å². The third-order valence-corrected chi connectivity index (χ3v) is 6.79. The molecule has 1 aliphatic rings. The van der Waals surface area contributed by atoms with Gasteiger partial charge in [0.15, 0.2) is 11.6 Å². The molecule has 2 aromatic rings. The van der Waals surface area contributed by atoms with E-state index in [0.717, 1.165) is 31.4 Å². The van der Waals surface area contributed by atoms with Crippen LogP contribution in [-0.2, 0) is 0 Å². The summed E-state index contributed by atoms with van der Waals surface area (Å²) in [6, 6.07) is 13.8. The van der Waals surface area contributed by atoms with Gasteiger partial charge in [-0.25, -0.2) is 0 Å². The molecule has 2 aromatic carbocycles. The Hall–Kier alpha value is -2.62. The second kappa shape index (κ2) is 11.8. The Morgan fingerprint density at radius 3 is 1.88 bits per heavy atom. The summed E-state index contributed by atoms with van der Waals surface area (Å²) in [5, 5.41) is 9.56. The van der Waals surface area contributed by atoms with Crippen LogP contribution in [0.1, 0.15) is 85.4 Å². The molecule has 3 atom stereocenters. The van der Waals surface area contributed by atoms with Crippen molar-refractivity contribution in [3.8, 4) is 11.5 Å². The van der Waals surface area contributed by atoms with Crippen molar-refractivity contribution in [1.29, 1.82) is 0 Å². The first-order valence-electron chi connectivity index (χ1n) is 12.0. The molecule has 0 bridgehead atoms. The minimum absolute atomic E-state index is 0.0909. The Morgan fingerprint density at radius 1 is 0.812 bits per heavy atom. The first-order valence-corrected chi connectivity index (χ1v) is 12.0. The van der Waals surface area contributed by atoms with E-state index < -0.39 is 0 Å². The summed E-state index contributed by atoms with van der Waals surface area (Å²) < 4.78 is 5.22. The monoisotopic (exact) mass is 436 g/mol. The number of aromatic hydroxyl groups is 1. The van der Waals surface area contributed by atoms with E-state index >= 15 is 0 Å². The van der Waals surface area contributed by atoms with Crippen LogP contribution in [0.15, 0.2) is 48.5 Å². The number of ketones is 2. The number of Topliss-reactive ketones (excluding diaryl/α,β-unsaturated/α-hetero) is 2. The van der Waals surface area contributed by atoms with Crippen molar-refractivity contribution < 1.29 is 19.4 Å². The van der Waals surface area contributed by atoms with Gasteiger partial charge in [0, 0.05) is 23.0 Å². The second-order valence-corrected chi connectivity index (χ2v) is 9.17.